The fourth-order valence-corrected chi connectivity index (χ4v) is 2.63. The highest BCUT2D eigenvalue weighted by Crippen LogP contribution is 2.25. The molecule has 0 saturated carbocycles. The quantitative estimate of drug-likeness (QED) is 0.873. The van der Waals surface area contributed by atoms with Crippen molar-refractivity contribution in [2.24, 2.45) is 5.73 Å². The molecule has 1 aromatic rings. The number of anilines is 1. The van der Waals surface area contributed by atoms with Gasteiger partial charge in [0, 0.05) is 45.0 Å². The van der Waals surface area contributed by atoms with E-state index in [0.717, 1.165) is 19.6 Å². The molecule has 1 fully saturated rings. The third-order valence-corrected chi connectivity index (χ3v) is 3.99. The lowest BCUT2D eigenvalue weighted by Gasteiger charge is -2.32. The third-order valence-electron chi connectivity index (χ3n) is 3.99. The summed E-state index contributed by atoms with van der Waals surface area (Å²) in [7, 11) is 6.26. The van der Waals surface area contributed by atoms with Crippen LogP contribution in [0.1, 0.15) is 18.0 Å². The molecule has 1 aromatic carbocycles. The second kappa shape index (κ2) is 6.37. The molecule has 0 spiro atoms. The monoisotopic (exact) mass is 263 g/mol. The second-order valence-corrected chi connectivity index (χ2v) is 5.42. The zero-order chi connectivity index (χ0) is 13.8. The van der Waals surface area contributed by atoms with Crippen molar-refractivity contribution < 1.29 is 4.74 Å². The molecule has 2 N–H and O–H groups in total. The van der Waals surface area contributed by atoms with Crippen LogP contribution in [-0.2, 0) is 4.74 Å². The summed E-state index contributed by atoms with van der Waals surface area (Å²) in [4.78, 5) is 4.47. The highest BCUT2D eigenvalue weighted by Gasteiger charge is 2.26. The van der Waals surface area contributed by atoms with Crippen molar-refractivity contribution in [3.05, 3.63) is 29.8 Å². The van der Waals surface area contributed by atoms with Gasteiger partial charge in [0.25, 0.3) is 0 Å². The summed E-state index contributed by atoms with van der Waals surface area (Å²) in [5.74, 6) is 0. The Morgan fingerprint density at radius 2 is 1.95 bits per heavy atom. The first-order valence-electron chi connectivity index (χ1n) is 6.90. The maximum absolute atomic E-state index is 5.98. The van der Waals surface area contributed by atoms with Gasteiger partial charge in [-0.1, -0.05) is 12.1 Å². The zero-order valence-electron chi connectivity index (χ0n) is 12.2. The van der Waals surface area contributed by atoms with Gasteiger partial charge in [-0.3, -0.25) is 4.90 Å². The lowest BCUT2D eigenvalue weighted by Crippen LogP contribution is -2.38. The van der Waals surface area contributed by atoms with E-state index in [-0.39, 0.29) is 6.04 Å². The largest absolute Gasteiger partial charge is 0.380 e. The summed E-state index contributed by atoms with van der Waals surface area (Å²) >= 11 is 0. The van der Waals surface area contributed by atoms with Gasteiger partial charge in [-0.05, 0) is 31.2 Å². The van der Waals surface area contributed by atoms with Gasteiger partial charge < -0.3 is 15.4 Å². The van der Waals surface area contributed by atoms with Crippen LogP contribution in [0.3, 0.4) is 0 Å². The van der Waals surface area contributed by atoms with E-state index in [4.69, 9.17) is 10.5 Å². The van der Waals surface area contributed by atoms with Gasteiger partial charge >= 0.3 is 0 Å². The van der Waals surface area contributed by atoms with Crippen LogP contribution in [0.4, 0.5) is 5.69 Å². The van der Waals surface area contributed by atoms with Gasteiger partial charge in [-0.15, -0.1) is 0 Å². The molecule has 1 saturated heterocycles. The molecule has 0 bridgehead atoms. The van der Waals surface area contributed by atoms with Crippen LogP contribution in [0, 0.1) is 0 Å². The highest BCUT2D eigenvalue weighted by atomic mass is 16.5. The fraction of sp³-hybridized carbons (Fsp3) is 0.600. The zero-order valence-corrected chi connectivity index (χ0v) is 12.2. The number of rotatable bonds is 5. The van der Waals surface area contributed by atoms with Gasteiger partial charge in [-0.2, -0.15) is 0 Å². The molecule has 4 heteroatoms. The van der Waals surface area contributed by atoms with Crippen LogP contribution in [0.2, 0.25) is 0 Å². The van der Waals surface area contributed by atoms with Crippen LogP contribution in [-0.4, -0.2) is 51.8 Å². The van der Waals surface area contributed by atoms with E-state index < -0.39 is 0 Å². The number of hydrogen-bond acceptors (Lipinski definition) is 4. The lowest BCUT2D eigenvalue weighted by molar-refractivity contribution is 0.134. The van der Waals surface area contributed by atoms with Crippen LogP contribution in [0.15, 0.2) is 24.3 Å². The minimum Gasteiger partial charge on any atom is -0.380 e. The average Bonchev–Trinajstić information content (AvgIpc) is 2.94. The first-order chi connectivity index (χ1) is 9.13. The summed E-state index contributed by atoms with van der Waals surface area (Å²) in [6.45, 7) is 2.32. The van der Waals surface area contributed by atoms with Gasteiger partial charge in [0.2, 0.25) is 0 Å². The van der Waals surface area contributed by atoms with Crippen molar-refractivity contribution >= 4 is 5.69 Å². The van der Waals surface area contributed by atoms with Gasteiger partial charge in [0.1, 0.15) is 0 Å². The number of hydrogen-bond donors (Lipinski definition) is 1. The molecule has 1 heterocycles. The smallest absolute Gasteiger partial charge is 0.0622 e. The first-order valence-corrected chi connectivity index (χ1v) is 6.90. The van der Waals surface area contributed by atoms with E-state index in [1.54, 1.807) is 0 Å². The van der Waals surface area contributed by atoms with Crippen molar-refractivity contribution in [2.45, 2.75) is 18.5 Å². The molecule has 0 amide bonds. The average molecular weight is 263 g/mol. The first kappa shape index (κ1) is 14.3. The molecule has 1 aliphatic heterocycles. The topological polar surface area (TPSA) is 41.7 Å². The molecule has 4 nitrogen and oxygen atoms in total. The number of benzene rings is 1. The Balaban J connectivity index is 2.11. The van der Waals surface area contributed by atoms with E-state index in [1.807, 2.05) is 0 Å². The van der Waals surface area contributed by atoms with E-state index in [1.165, 1.54) is 11.3 Å². The Hall–Kier alpha value is -1.10. The summed E-state index contributed by atoms with van der Waals surface area (Å²) in [6.07, 6.45) is 1.10. The van der Waals surface area contributed by atoms with Crippen molar-refractivity contribution in [3.8, 4) is 0 Å². The van der Waals surface area contributed by atoms with Crippen molar-refractivity contribution in [1.82, 2.24) is 4.90 Å². The SMILES string of the molecule is CN(C)c1ccc(C(CN)N(C)C2CCOC2)cc1. The van der Waals surface area contributed by atoms with E-state index in [0.29, 0.717) is 12.6 Å². The fourth-order valence-electron chi connectivity index (χ4n) is 2.63. The highest BCUT2D eigenvalue weighted by molar-refractivity contribution is 5.46. The lowest BCUT2D eigenvalue weighted by atomic mass is 10.0. The third kappa shape index (κ3) is 3.26. The predicted molar refractivity (Wildman–Crippen MR) is 79.6 cm³/mol. The van der Waals surface area contributed by atoms with E-state index >= 15 is 0 Å². The molecule has 2 unspecified atom stereocenters. The molecule has 0 aliphatic carbocycles. The van der Waals surface area contributed by atoms with Gasteiger partial charge in [0.05, 0.1) is 6.61 Å². The number of nitrogens with zero attached hydrogens (tertiary/aromatic N) is 2. The van der Waals surface area contributed by atoms with Crippen LogP contribution in [0.25, 0.3) is 0 Å². The Kier molecular flexibility index (Phi) is 4.80. The molecule has 2 atom stereocenters. The molecular formula is C15H25N3O. The molecule has 1 aliphatic rings. The second-order valence-electron chi connectivity index (χ2n) is 5.42. The number of ether oxygens (including phenoxy) is 1. The minimum atomic E-state index is 0.267. The Morgan fingerprint density at radius 1 is 1.26 bits per heavy atom. The molecule has 0 radical (unpaired) electrons. The van der Waals surface area contributed by atoms with Crippen molar-refractivity contribution in [1.29, 1.82) is 0 Å². The van der Waals surface area contributed by atoms with Crippen molar-refractivity contribution in [3.63, 3.8) is 0 Å². The Bertz CT molecular complexity index is 385. The Labute approximate surface area is 116 Å². The predicted octanol–water partition coefficient (Wildman–Crippen LogP) is 1.47. The van der Waals surface area contributed by atoms with Crippen LogP contribution < -0.4 is 10.6 Å². The van der Waals surface area contributed by atoms with Gasteiger partial charge in [0.15, 0.2) is 0 Å². The summed E-state index contributed by atoms with van der Waals surface area (Å²) in [5.41, 5.74) is 8.47. The maximum Gasteiger partial charge on any atom is 0.0622 e. The summed E-state index contributed by atoms with van der Waals surface area (Å²) in [5, 5.41) is 0. The summed E-state index contributed by atoms with van der Waals surface area (Å²) < 4.78 is 5.47. The molecule has 106 valence electrons. The maximum atomic E-state index is 5.98. The number of nitrogens with two attached hydrogens (primary N) is 1. The molecular weight excluding hydrogens is 238 g/mol. The van der Waals surface area contributed by atoms with Gasteiger partial charge in [-0.25, -0.2) is 0 Å². The minimum absolute atomic E-state index is 0.267. The Morgan fingerprint density at radius 3 is 2.42 bits per heavy atom. The standard InChI is InChI=1S/C15H25N3O/c1-17(2)13-6-4-12(5-7-13)15(10-16)18(3)14-8-9-19-11-14/h4-7,14-15H,8-11,16H2,1-3H3. The van der Waals surface area contributed by atoms with Crippen LogP contribution >= 0.6 is 0 Å². The molecule has 0 aromatic heterocycles. The van der Waals surface area contributed by atoms with E-state index in [9.17, 15) is 0 Å². The van der Waals surface area contributed by atoms with E-state index in [2.05, 4.69) is 55.2 Å². The molecule has 19 heavy (non-hydrogen) atoms. The van der Waals surface area contributed by atoms with Crippen molar-refractivity contribution in [2.75, 3.05) is 45.8 Å². The number of likely N-dealkylation sites (N-methyl/N-ethyl adjacent to an activating group) is 1. The summed E-state index contributed by atoms with van der Waals surface area (Å²) in [6, 6.07) is 9.41. The molecule has 2 rings (SSSR count). The van der Waals surface area contributed by atoms with Crippen LogP contribution in [0.5, 0.6) is 0 Å². The normalized spacial score (nSPS) is 20.8.